The number of fused-ring (bicyclic) bond motifs is 1. The lowest BCUT2D eigenvalue weighted by atomic mass is 9.88. The van der Waals surface area contributed by atoms with Gasteiger partial charge in [0, 0.05) is 30.5 Å². The van der Waals surface area contributed by atoms with Gasteiger partial charge in [0.2, 0.25) is 0 Å². The molecule has 0 bridgehead atoms. The maximum atomic E-state index is 9.01. The Morgan fingerprint density at radius 3 is 3.27 bits per heavy atom. The molecule has 116 valence electrons. The van der Waals surface area contributed by atoms with Crippen LogP contribution in [0.4, 0.5) is 5.82 Å². The summed E-state index contributed by atoms with van der Waals surface area (Å²) in [5, 5.41) is 13.0. The Labute approximate surface area is 135 Å². The predicted octanol–water partition coefficient (Wildman–Crippen LogP) is 2.96. The molecule has 2 atom stereocenters. The summed E-state index contributed by atoms with van der Waals surface area (Å²) >= 11 is 1.86. The summed E-state index contributed by atoms with van der Waals surface area (Å²) in [4.78, 5) is 8.93. The van der Waals surface area contributed by atoms with E-state index in [1.807, 2.05) is 11.9 Å². The molecule has 2 aliphatic rings. The van der Waals surface area contributed by atoms with Crippen molar-refractivity contribution in [1.29, 1.82) is 5.26 Å². The third-order valence-electron chi connectivity index (χ3n) is 4.21. The maximum absolute atomic E-state index is 9.01. The summed E-state index contributed by atoms with van der Waals surface area (Å²) in [6, 6.07) is 5.70. The van der Waals surface area contributed by atoms with Gasteiger partial charge in [0.05, 0.1) is 5.56 Å². The zero-order valence-electron chi connectivity index (χ0n) is 12.6. The summed E-state index contributed by atoms with van der Waals surface area (Å²) < 4.78 is 3.42. The fourth-order valence-electron chi connectivity index (χ4n) is 3.03. The number of aliphatic imine (C=N–C) groups is 1. The Balaban J connectivity index is 1.44. The maximum Gasteiger partial charge on any atom is 0.143 e. The molecule has 1 saturated heterocycles. The third kappa shape index (κ3) is 3.53. The van der Waals surface area contributed by atoms with E-state index in [1.54, 1.807) is 18.3 Å². The van der Waals surface area contributed by atoms with E-state index in [0.717, 1.165) is 24.8 Å². The molecular formula is C16H21N5S. The average molecular weight is 315 g/mol. The molecule has 2 N–H and O–H groups in total. The molecule has 2 heterocycles. The Hall–Kier alpha value is -1.74. The molecule has 0 aromatic carbocycles. The molecule has 6 heteroatoms. The van der Waals surface area contributed by atoms with Crippen LogP contribution in [0.1, 0.15) is 37.7 Å². The number of pyridine rings is 1. The summed E-state index contributed by atoms with van der Waals surface area (Å²) in [6.45, 7) is 1.59. The fourth-order valence-corrected chi connectivity index (χ4v) is 4.24. The van der Waals surface area contributed by atoms with E-state index in [-0.39, 0.29) is 0 Å². The van der Waals surface area contributed by atoms with Gasteiger partial charge in [-0.25, -0.2) is 4.98 Å². The number of anilines is 1. The molecule has 22 heavy (non-hydrogen) atoms. The minimum Gasteiger partial charge on any atom is -0.369 e. The fraction of sp³-hybridized carbons (Fsp3) is 0.562. The van der Waals surface area contributed by atoms with E-state index in [2.05, 4.69) is 21.1 Å². The van der Waals surface area contributed by atoms with Gasteiger partial charge < -0.3 is 10.0 Å². The lowest BCUT2D eigenvalue weighted by molar-refractivity contribution is 0.456. The lowest BCUT2D eigenvalue weighted by Crippen LogP contribution is -2.25. The van der Waals surface area contributed by atoms with Crippen LogP contribution in [0, 0.1) is 17.2 Å². The predicted molar refractivity (Wildman–Crippen MR) is 90.8 cm³/mol. The van der Waals surface area contributed by atoms with E-state index in [9.17, 15) is 0 Å². The molecule has 0 amide bonds. The van der Waals surface area contributed by atoms with E-state index in [0.29, 0.717) is 17.3 Å². The first-order valence-electron chi connectivity index (χ1n) is 7.93. The molecule has 0 radical (unpaired) electrons. The van der Waals surface area contributed by atoms with Crippen molar-refractivity contribution in [3.63, 3.8) is 0 Å². The molecule has 3 rings (SSSR count). The minimum absolute atomic E-state index is 0.590. The minimum atomic E-state index is 0.590. The number of nitrogens with zero attached hydrogens (tertiary/aromatic N) is 3. The molecule has 1 saturated carbocycles. The van der Waals surface area contributed by atoms with Crippen molar-refractivity contribution in [3.8, 4) is 6.07 Å². The Morgan fingerprint density at radius 1 is 1.45 bits per heavy atom. The largest absolute Gasteiger partial charge is 0.369 e. The molecule has 1 aromatic heterocycles. The Kier molecular flexibility index (Phi) is 5.17. The van der Waals surface area contributed by atoms with Gasteiger partial charge in [-0.3, -0.25) is 4.99 Å². The number of nitriles is 1. The molecule has 0 spiro atoms. The normalized spacial score (nSPS) is 25.3. The molecular weight excluding hydrogens is 294 g/mol. The summed E-state index contributed by atoms with van der Waals surface area (Å²) in [6.07, 6.45) is 7.93. The number of hydrogen-bond donors (Lipinski definition) is 2. The van der Waals surface area contributed by atoms with E-state index in [4.69, 9.17) is 10.3 Å². The average Bonchev–Trinajstić information content (AvgIpc) is 2.98. The number of amidine groups is 1. The van der Waals surface area contributed by atoms with Gasteiger partial charge in [-0.1, -0.05) is 12.8 Å². The SMILES string of the molecule is N#Cc1cccnc1NCCCN=C1NSC2CCCCC12. The van der Waals surface area contributed by atoms with E-state index < -0.39 is 0 Å². The summed E-state index contributed by atoms with van der Waals surface area (Å²) in [7, 11) is 0. The van der Waals surface area contributed by atoms with Gasteiger partial charge >= 0.3 is 0 Å². The molecule has 2 fully saturated rings. The second-order valence-corrected chi connectivity index (χ2v) is 6.75. The molecule has 2 unspecified atom stereocenters. The Bertz CT molecular complexity index is 580. The number of aromatic nitrogens is 1. The van der Waals surface area contributed by atoms with Gasteiger partial charge in [0.15, 0.2) is 0 Å². The Morgan fingerprint density at radius 2 is 2.36 bits per heavy atom. The highest BCUT2D eigenvalue weighted by atomic mass is 32.2. The first-order valence-corrected chi connectivity index (χ1v) is 8.81. The van der Waals surface area contributed by atoms with Crippen molar-refractivity contribution in [2.24, 2.45) is 10.9 Å². The van der Waals surface area contributed by atoms with Crippen molar-refractivity contribution >= 4 is 23.6 Å². The van der Waals surface area contributed by atoms with Crippen molar-refractivity contribution in [1.82, 2.24) is 9.71 Å². The van der Waals surface area contributed by atoms with Crippen LogP contribution in [0.2, 0.25) is 0 Å². The van der Waals surface area contributed by atoms with E-state index >= 15 is 0 Å². The van der Waals surface area contributed by atoms with Crippen molar-refractivity contribution in [2.45, 2.75) is 37.4 Å². The van der Waals surface area contributed by atoms with Crippen LogP contribution in [-0.4, -0.2) is 29.2 Å². The quantitative estimate of drug-likeness (QED) is 0.645. The van der Waals surface area contributed by atoms with E-state index in [1.165, 1.54) is 31.5 Å². The second kappa shape index (κ2) is 7.50. The molecule has 1 aromatic rings. The monoisotopic (exact) mass is 315 g/mol. The highest BCUT2D eigenvalue weighted by Crippen LogP contribution is 2.37. The third-order valence-corrected chi connectivity index (χ3v) is 5.40. The van der Waals surface area contributed by atoms with Crippen LogP contribution in [0.3, 0.4) is 0 Å². The van der Waals surface area contributed by atoms with Crippen molar-refractivity contribution in [2.75, 3.05) is 18.4 Å². The van der Waals surface area contributed by atoms with Gasteiger partial charge in [-0.15, -0.1) is 0 Å². The number of nitrogens with one attached hydrogen (secondary N) is 2. The molecule has 1 aliphatic heterocycles. The smallest absolute Gasteiger partial charge is 0.143 e. The zero-order chi connectivity index (χ0) is 15.2. The number of hydrogen-bond acceptors (Lipinski definition) is 5. The van der Waals surface area contributed by atoms with Crippen LogP contribution in [0.15, 0.2) is 23.3 Å². The van der Waals surface area contributed by atoms with Crippen LogP contribution in [0.25, 0.3) is 0 Å². The molecule has 5 nitrogen and oxygen atoms in total. The zero-order valence-corrected chi connectivity index (χ0v) is 13.4. The van der Waals surface area contributed by atoms with Crippen LogP contribution >= 0.6 is 11.9 Å². The van der Waals surface area contributed by atoms with Gasteiger partial charge in [-0.2, -0.15) is 5.26 Å². The molecule has 1 aliphatic carbocycles. The van der Waals surface area contributed by atoms with Gasteiger partial charge in [-0.05, 0) is 43.3 Å². The van der Waals surface area contributed by atoms with Crippen LogP contribution < -0.4 is 10.0 Å². The highest BCUT2D eigenvalue weighted by Gasteiger charge is 2.35. The summed E-state index contributed by atoms with van der Waals surface area (Å²) in [5.41, 5.74) is 0.590. The highest BCUT2D eigenvalue weighted by molar-refractivity contribution is 7.99. The lowest BCUT2D eigenvalue weighted by Gasteiger charge is -2.22. The summed E-state index contributed by atoms with van der Waals surface area (Å²) in [5.74, 6) is 2.51. The van der Waals surface area contributed by atoms with Crippen molar-refractivity contribution < 1.29 is 0 Å². The van der Waals surface area contributed by atoms with Crippen LogP contribution in [0.5, 0.6) is 0 Å². The topological polar surface area (TPSA) is 73.1 Å². The first kappa shape index (κ1) is 15.2. The van der Waals surface area contributed by atoms with Gasteiger partial charge in [0.25, 0.3) is 0 Å². The van der Waals surface area contributed by atoms with Crippen LogP contribution in [-0.2, 0) is 0 Å². The van der Waals surface area contributed by atoms with Gasteiger partial charge in [0.1, 0.15) is 17.7 Å². The second-order valence-electron chi connectivity index (χ2n) is 5.71. The first-order chi connectivity index (χ1) is 10.9. The number of rotatable bonds is 5. The van der Waals surface area contributed by atoms with Crippen molar-refractivity contribution in [3.05, 3.63) is 23.9 Å². The standard InChI is InChI=1S/C16H21N5S/c17-11-12-5-3-8-18-15(12)19-9-4-10-20-16-13-6-1-2-7-14(13)22-21-16/h3,5,8,13-14H,1-2,4,6-7,9-10H2,(H,18,19)(H,20,21).